The van der Waals surface area contributed by atoms with E-state index in [1.165, 1.54) is 0 Å². The first-order valence-corrected chi connectivity index (χ1v) is 14.8. The van der Waals surface area contributed by atoms with Gasteiger partial charge in [0.25, 0.3) is 0 Å². The van der Waals surface area contributed by atoms with E-state index in [9.17, 15) is 19.8 Å². The number of aliphatic hydroxyl groups is 2. The first-order chi connectivity index (χ1) is 19.5. The minimum absolute atomic E-state index is 0.0404. The molecular formula is C32H43NO8. The van der Waals surface area contributed by atoms with Crippen LogP contribution in [0.1, 0.15) is 83.3 Å². The lowest BCUT2D eigenvalue weighted by Gasteiger charge is -2.40. The fraction of sp³-hybridized carbons (Fsp3) is 0.625. The number of hydrogen-bond donors (Lipinski definition) is 2. The second-order valence-electron chi connectivity index (χ2n) is 12.6. The van der Waals surface area contributed by atoms with E-state index in [1.807, 2.05) is 26.0 Å². The fourth-order valence-electron chi connectivity index (χ4n) is 7.03. The number of benzene rings is 1. The van der Waals surface area contributed by atoms with Crippen LogP contribution in [-0.4, -0.2) is 76.4 Å². The number of nitrogens with zero attached hydrogens (tertiary/aromatic N) is 1. The minimum atomic E-state index is -2.09. The number of allylic oxidation sites excluding steroid dienone is 1. The summed E-state index contributed by atoms with van der Waals surface area (Å²) in [6, 6.07) is 4.08. The molecule has 1 aliphatic carbocycles. The topological polar surface area (TPSA) is 115 Å². The Morgan fingerprint density at radius 3 is 2.66 bits per heavy atom. The van der Waals surface area contributed by atoms with Gasteiger partial charge in [-0.1, -0.05) is 18.2 Å². The van der Waals surface area contributed by atoms with Gasteiger partial charge in [-0.05, 0) is 102 Å². The molecule has 0 radical (unpaired) electrons. The van der Waals surface area contributed by atoms with Crippen molar-refractivity contribution in [3.8, 4) is 11.5 Å². The SMILES string of the molecule is CC=CCOC(=O)CC(O)(CCCC(C)(C)O)C(=O)OC1C(C)=CC23CCCN2CCc2cc4c(cc2[C@H]13)OCO4. The molecule has 1 fully saturated rings. The van der Waals surface area contributed by atoms with Crippen LogP contribution in [0.3, 0.4) is 0 Å². The zero-order valence-electron chi connectivity index (χ0n) is 24.6. The highest BCUT2D eigenvalue weighted by molar-refractivity contribution is 5.86. The molecule has 0 bridgehead atoms. The van der Waals surface area contributed by atoms with Crippen LogP contribution in [0.15, 0.2) is 35.9 Å². The van der Waals surface area contributed by atoms with E-state index in [-0.39, 0.29) is 31.3 Å². The Hall–Kier alpha value is -2.88. The van der Waals surface area contributed by atoms with E-state index in [0.717, 1.165) is 54.8 Å². The fourth-order valence-corrected chi connectivity index (χ4v) is 7.03. The third-order valence-electron chi connectivity index (χ3n) is 8.99. The average molecular weight is 570 g/mol. The summed E-state index contributed by atoms with van der Waals surface area (Å²) < 4.78 is 22.9. The number of fused-ring (bicyclic) bond motifs is 3. The highest BCUT2D eigenvalue weighted by Gasteiger charge is 2.57. The van der Waals surface area contributed by atoms with Crippen molar-refractivity contribution in [2.24, 2.45) is 0 Å². The van der Waals surface area contributed by atoms with Crippen LogP contribution in [0.5, 0.6) is 11.5 Å². The summed E-state index contributed by atoms with van der Waals surface area (Å²) in [6.45, 7) is 9.21. The maximum absolute atomic E-state index is 13.9. The van der Waals surface area contributed by atoms with Crippen LogP contribution >= 0.6 is 0 Å². The molecule has 3 heterocycles. The largest absolute Gasteiger partial charge is 0.461 e. The van der Waals surface area contributed by atoms with E-state index < -0.39 is 35.7 Å². The van der Waals surface area contributed by atoms with Crippen molar-refractivity contribution in [3.05, 3.63) is 47.1 Å². The van der Waals surface area contributed by atoms with Crippen LogP contribution in [0, 0.1) is 0 Å². The molecule has 4 aliphatic rings. The van der Waals surface area contributed by atoms with E-state index in [1.54, 1.807) is 26.0 Å². The van der Waals surface area contributed by atoms with E-state index in [2.05, 4.69) is 11.0 Å². The van der Waals surface area contributed by atoms with Gasteiger partial charge in [0.05, 0.1) is 17.6 Å². The van der Waals surface area contributed by atoms with Gasteiger partial charge in [-0.3, -0.25) is 9.69 Å². The Balaban J connectivity index is 1.45. The summed E-state index contributed by atoms with van der Waals surface area (Å²) in [5.74, 6) is -0.304. The van der Waals surface area contributed by atoms with Crippen molar-refractivity contribution in [2.75, 3.05) is 26.5 Å². The summed E-state index contributed by atoms with van der Waals surface area (Å²) in [4.78, 5) is 29.1. The normalized spacial score (nSPS) is 26.5. The van der Waals surface area contributed by atoms with Gasteiger partial charge in [-0.15, -0.1) is 0 Å². The maximum Gasteiger partial charge on any atom is 0.339 e. The minimum Gasteiger partial charge on any atom is -0.461 e. The number of esters is 2. The number of ether oxygens (including phenoxy) is 4. The van der Waals surface area contributed by atoms with Gasteiger partial charge in [0, 0.05) is 12.5 Å². The Labute approximate surface area is 242 Å². The standard InChI is InChI=1S/C32H43NO8/c1-5-6-15-38-26(34)19-32(37,12-7-10-30(3,4)36)29(35)41-28-21(2)18-31-11-8-13-33(31)14-9-22-16-24-25(40-20-39-24)17-23(22)27(28)31/h5-6,16-18,27-28,36-37H,7-15,19-20H2,1-4H3/t27-,28?,31?,32?/m1/s1. The molecule has 41 heavy (non-hydrogen) atoms. The van der Waals surface area contributed by atoms with Crippen LogP contribution < -0.4 is 9.47 Å². The maximum atomic E-state index is 13.9. The molecule has 1 aromatic rings. The Kier molecular flexibility index (Phi) is 8.25. The third kappa shape index (κ3) is 5.90. The molecule has 0 amide bonds. The molecule has 9 heteroatoms. The Morgan fingerprint density at radius 2 is 1.93 bits per heavy atom. The van der Waals surface area contributed by atoms with Crippen molar-refractivity contribution in [1.82, 2.24) is 4.90 Å². The van der Waals surface area contributed by atoms with E-state index in [4.69, 9.17) is 18.9 Å². The quantitative estimate of drug-likeness (QED) is 0.319. The van der Waals surface area contributed by atoms with Crippen LogP contribution in [0.4, 0.5) is 0 Å². The van der Waals surface area contributed by atoms with Gasteiger partial charge in [0.1, 0.15) is 12.7 Å². The lowest BCUT2D eigenvalue weighted by Crippen LogP contribution is -2.49. The number of carbonyl (C=O) groups excluding carboxylic acids is 2. The monoisotopic (exact) mass is 569 g/mol. The van der Waals surface area contributed by atoms with Crippen molar-refractivity contribution >= 4 is 11.9 Å². The molecule has 4 atom stereocenters. The average Bonchev–Trinajstić information content (AvgIpc) is 3.57. The van der Waals surface area contributed by atoms with E-state index >= 15 is 0 Å². The molecule has 0 aromatic heterocycles. The molecule has 3 aliphatic heterocycles. The Bertz CT molecular complexity index is 1230. The van der Waals surface area contributed by atoms with Gasteiger partial charge in [0.15, 0.2) is 17.1 Å². The smallest absolute Gasteiger partial charge is 0.339 e. The highest BCUT2D eigenvalue weighted by Crippen LogP contribution is 2.55. The number of carbonyl (C=O) groups is 2. The summed E-state index contributed by atoms with van der Waals surface area (Å²) in [7, 11) is 0. The Morgan fingerprint density at radius 1 is 1.17 bits per heavy atom. The molecule has 9 nitrogen and oxygen atoms in total. The first-order valence-electron chi connectivity index (χ1n) is 14.8. The van der Waals surface area contributed by atoms with Crippen molar-refractivity contribution in [2.45, 2.75) is 101 Å². The molecule has 5 rings (SSSR count). The zero-order valence-corrected chi connectivity index (χ0v) is 24.6. The summed E-state index contributed by atoms with van der Waals surface area (Å²) >= 11 is 0. The number of hydrogen-bond acceptors (Lipinski definition) is 9. The van der Waals surface area contributed by atoms with Gasteiger partial charge in [-0.2, -0.15) is 0 Å². The molecule has 2 N–H and O–H groups in total. The molecule has 1 aromatic carbocycles. The molecule has 1 saturated heterocycles. The summed E-state index contributed by atoms with van der Waals surface area (Å²) in [5.41, 5.74) is -0.234. The second-order valence-corrected chi connectivity index (χ2v) is 12.6. The summed E-state index contributed by atoms with van der Waals surface area (Å²) in [6.07, 6.45) is 7.98. The van der Waals surface area contributed by atoms with Crippen molar-refractivity contribution in [1.29, 1.82) is 0 Å². The highest BCUT2D eigenvalue weighted by atomic mass is 16.7. The third-order valence-corrected chi connectivity index (χ3v) is 8.99. The van der Waals surface area contributed by atoms with Crippen molar-refractivity contribution in [3.63, 3.8) is 0 Å². The number of rotatable bonds is 10. The van der Waals surface area contributed by atoms with E-state index in [0.29, 0.717) is 18.6 Å². The lowest BCUT2D eigenvalue weighted by molar-refractivity contribution is -0.177. The van der Waals surface area contributed by atoms with Crippen LogP contribution in [-0.2, 0) is 25.5 Å². The molecule has 0 saturated carbocycles. The molecule has 224 valence electrons. The lowest BCUT2D eigenvalue weighted by atomic mass is 9.77. The second kappa shape index (κ2) is 11.4. The molecule has 1 spiro atoms. The van der Waals surface area contributed by atoms with Gasteiger partial charge in [-0.25, -0.2) is 4.79 Å². The van der Waals surface area contributed by atoms with Gasteiger partial charge < -0.3 is 29.2 Å². The van der Waals surface area contributed by atoms with Crippen LogP contribution in [0.25, 0.3) is 0 Å². The first kappa shape index (κ1) is 29.6. The van der Waals surface area contributed by atoms with Crippen molar-refractivity contribution < 1.29 is 38.7 Å². The van der Waals surface area contributed by atoms with Crippen LogP contribution in [0.2, 0.25) is 0 Å². The summed E-state index contributed by atoms with van der Waals surface area (Å²) in [5, 5.41) is 21.9. The van der Waals surface area contributed by atoms with Gasteiger partial charge in [0.2, 0.25) is 6.79 Å². The molecule has 3 unspecified atom stereocenters. The predicted octanol–water partition coefficient (Wildman–Crippen LogP) is 3.94. The predicted molar refractivity (Wildman–Crippen MR) is 152 cm³/mol. The molecular weight excluding hydrogens is 526 g/mol. The van der Waals surface area contributed by atoms with Gasteiger partial charge >= 0.3 is 11.9 Å². The zero-order chi connectivity index (χ0) is 29.4.